The average Bonchev–Trinajstić information content (AvgIpc) is 3.40. The van der Waals surface area contributed by atoms with Crippen LogP contribution in [0.15, 0.2) is 121 Å². The van der Waals surface area contributed by atoms with Gasteiger partial charge in [-0.1, -0.05) is 121 Å². The van der Waals surface area contributed by atoms with E-state index in [1.807, 2.05) is 6.07 Å². The van der Waals surface area contributed by atoms with Gasteiger partial charge >= 0.3 is 0 Å². The van der Waals surface area contributed by atoms with Crippen molar-refractivity contribution < 1.29 is 0 Å². The first-order valence-corrected chi connectivity index (χ1v) is 12.4. The second kappa shape index (κ2) is 7.05. The highest BCUT2D eigenvalue weighted by Gasteiger charge is 2.53. The molecule has 1 atom stereocenters. The van der Waals surface area contributed by atoms with Gasteiger partial charge in [-0.3, -0.25) is 0 Å². The summed E-state index contributed by atoms with van der Waals surface area (Å²) in [6.07, 6.45) is 0. The minimum Gasteiger partial charge on any atom is -0.247 e. The number of benzene rings is 5. The third-order valence-electron chi connectivity index (χ3n) is 7.98. The van der Waals surface area contributed by atoms with Gasteiger partial charge in [-0.25, -0.2) is 4.98 Å². The molecule has 1 aromatic heterocycles. The SMILES string of the molecule is [B]c1ccc2c(c1)C1(c3ccccc3-2)c2ccccc2-c2c(-c3ccccc3)nc3ccccc3c21. The van der Waals surface area contributed by atoms with Gasteiger partial charge in [0, 0.05) is 16.5 Å². The van der Waals surface area contributed by atoms with Crippen LogP contribution >= 0.6 is 0 Å². The highest BCUT2D eigenvalue weighted by Crippen LogP contribution is 2.64. The highest BCUT2D eigenvalue weighted by atomic mass is 14.7. The summed E-state index contributed by atoms with van der Waals surface area (Å²) >= 11 is 0. The molecule has 0 fully saturated rings. The topological polar surface area (TPSA) is 12.9 Å². The summed E-state index contributed by atoms with van der Waals surface area (Å²) < 4.78 is 0. The number of para-hydroxylation sites is 1. The zero-order valence-electron chi connectivity index (χ0n) is 19.6. The third kappa shape index (κ3) is 2.34. The quantitative estimate of drug-likeness (QED) is 0.243. The summed E-state index contributed by atoms with van der Waals surface area (Å²) in [7, 11) is 6.48. The second-order valence-corrected chi connectivity index (χ2v) is 9.74. The molecule has 0 amide bonds. The van der Waals surface area contributed by atoms with Crippen molar-refractivity contribution in [2.45, 2.75) is 5.41 Å². The Hall–Kier alpha value is -4.43. The molecule has 0 bridgehead atoms. The molecule has 0 aliphatic heterocycles. The van der Waals surface area contributed by atoms with E-state index in [4.69, 9.17) is 12.8 Å². The molecule has 36 heavy (non-hydrogen) atoms. The van der Waals surface area contributed by atoms with E-state index < -0.39 is 5.41 Å². The zero-order valence-corrected chi connectivity index (χ0v) is 19.6. The summed E-state index contributed by atoms with van der Waals surface area (Å²) in [6, 6.07) is 43.3. The van der Waals surface area contributed by atoms with Gasteiger partial charge in [0.2, 0.25) is 0 Å². The van der Waals surface area contributed by atoms with E-state index in [1.54, 1.807) is 0 Å². The first-order valence-electron chi connectivity index (χ1n) is 12.4. The van der Waals surface area contributed by atoms with Crippen LogP contribution in [0, 0.1) is 0 Å². The minimum absolute atomic E-state index is 0.459. The number of pyridine rings is 1. The van der Waals surface area contributed by atoms with Gasteiger partial charge in [0.1, 0.15) is 7.85 Å². The standard InChI is InChI=1S/C34H20BN/c35-22-18-19-24-23-12-4-7-15-27(23)34(29(24)20-22)28-16-8-5-13-25(28)31-32(34)26-14-6-9-17-30(26)36-33(31)21-10-2-1-3-11-21/h1-20H. The highest BCUT2D eigenvalue weighted by molar-refractivity contribution is 6.32. The van der Waals surface area contributed by atoms with Crippen molar-refractivity contribution in [3.63, 3.8) is 0 Å². The van der Waals surface area contributed by atoms with Crippen LogP contribution < -0.4 is 5.46 Å². The van der Waals surface area contributed by atoms with Crippen molar-refractivity contribution in [3.05, 3.63) is 144 Å². The maximum atomic E-state index is 6.48. The molecule has 1 spiro atoms. The minimum atomic E-state index is -0.459. The maximum Gasteiger partial charge on any atom is 0.113 e. The monoisotopic (exact) mass is 453 g/mol. The van der Waals surface area contributed by atoms with Crippen molar-refractivity contribution >= 4 is 24.2 Å². The summed E-state index contributed by atoms with van der Waals surface area (Å²) in [5, 5.41) is 1.19. The van der Waals surface area contributed by atoms with E-state index in [9.17, 15) is 0 Å². The van der Waals surface area contributed by atoms with Crippen molar-refractivity contribution in [3.8, 4) is 33.5 Å². The maximum absolute atomic E-state index is 6.48. The number of fused-ring (bicyclic) bond motifs is 12. The van der Waals surface area contributed by atoms with E-state index in [2.05, 4.69) is 115 Å². The Labute approximate surface area is 211 Å². The molecule has 2 heteroatoms. The second-order valence-electron chi connectivity index (χ2n) is 9.74. The van der Waals surface area contributed by atoms with Crippen LogP contribution in [-0.4, -0.2) is 12.8 Å². The van der Waals surface area contributed by atoms with Crippen LogP contribution in [-0.2, 0) is 5.41 Å². The lowest BCUT2D eigenvalue weighted by molar-refractivity contribution is 0.801. The van der Waals surface area contributed by atoms with Crippen molar-refractivity contribution in [1.29, 1.82) is 0 Å². The van der Waals surface area contributed by atoms with Gasteiger partial charge in [-0.2, -0.15) is 0 Å². The molecule has 2 aliphatic rings. The van der Waals surface area contributed by atoms with Crippen LogP contribution in [0.1, 0.15) is 22.3 Å². The van der Waals surface area contributed by atoms with E-state index in [0.29, 0.717) is 0 Å². The lowest BCUT2D eigenvalue weighted by Crippen LogP contribution is -2.27. The van der Waals surface area contributed by atoms with Crippen LogP contribution in [0.2, 0.25) is 0 Å². The van der Waals surface area contributed by atoms with Crippen LogP contribution in [0.3, 0.4) is 0 Å². The van der Waals surface area contributed by atoms with E-state index in [-0.39, 0.29) is 0 Å². The number of hydrogen-bond acceptors (Lipinski definition) is 1. The van der Waals surface area contributed by atoms with Crippen molar-refractivity contribution in [2.24, 2.45) is 0 Å². The van der Waals surface area contributed by atoms with Gasteiger partial charge in [-0.15, -0.1) is 0 Å². The zero-order chi connectivity index (χ0) is 23.9. The van der Waals surface area contributed by atoms with Gasteiger partial charge < -0.3 is 0 Å². The molecule has 1 heterocycles. The molecule has 6 aromatic rings. The van der Waals surface area contributed by atoms with E-state index in [0.717, 1.165) is 22.2 Å². The third-order valence-corrected chi connectivity index (χ3v) is 7.98. The van der Waals surface area contributed by atoms with E-state index in [1.165, 1.54) is 49.9 Å². The predicted octanol–water partition coefficient (Wildman–Crippen LogP) is 7.04. The fourth-order valence-electron chi connectivity index (χ4n) is 6.69. The normalized spacial score (nSPS) is 16.6. The van der Waals surface area contributed by atoms with Crippen LogP contribution in [0.25, 0.3) is 44.4 Å². The van der Waals surface area contributed by atoms with Crippen LogP contribution in [0.4, 0.5) is 0 Å². The molecule has 1 unspecified atom stereocenters. The van der Waals surface area contributed by atoms with Crippen molar-refractivity contribution in [2.75, 3.05) is 0 Å². The molecule has 0 N–H and O–H groups in total. The Balaban J connectivity index is 1.66. The average molecular weight is 453 g/mol. The molecule has 5 aromatic carbocycles. The number of nitrogens with zero attached hydrogens (tertiary/aromatic N) is 1. The largest absolute Gasteiger partial charge is 0.247 e. The lowest BCUT2D eigenvalue weighted by Gasteiger charge is -2.31. The van der Waals surface area contributed by atoms with Gasteiger partial charge in [0.15, 0.2) is 0 Å². The fraction of sp³-hybridized carbons (Fsp3) is 0.0294. The summed E-state index contributed by atoms with van der Waals surface area (Å²) in [6.45, 7) is 0. The van der Waals surface area contributed by atoms with Gasteiger partial charge in [-0.05, 0) is 45.0 Å². The fourth-order valence-corrected chi connectivity index (χ4v) is 6.69. The molecule has 2 radical (unpaired) electrons. The Kier molecular flexibility index (Phi) is 3.89. The Bertz CT molecular complexity index is 1850. The lowest BCUT2D eigenvalue weighted by atomic mass is 9.69. The summed E-state index contributed by atoms with van der Waals surface area (Å²) in [5.74, 6) is 0. The molecule has 164 valence electrons. The molecule has 0 saturated carbocycles. The molecular weight excluding hydrogens is 433 g/mol. The van der Waals surface area contributed by atoms with Gasteiger partial charge in [0.25, 0.3) is 0 Å². The molecule has 1 nitrogen and oxygen atoms in total. The first-order chi connectivity index (χ1) is 17.8. The van der Waals surface area contributed by atoms with Gasteiger partial charge in [0.05, 0.1) is 16.6 Å². The first kappa shape index (κ1) is 19.8. The molecule has 8 rings (SSSR count). The molecular formula is C34H20BN. The summed E-state index contributed by atoms with van der Waals surface area (Å²) in [5.41, 5.74) is 13.7. The number of rotatable bonds is 1. The number of aromatic nitrogens is 1. The Morgan fingerprint density at radius 1 is 0.556 bits per heavy atom. The molecule has 0 saturated heterocycles. The molecule has 2 aliphatic carbocycles. The smallest absolute Gasteiger partial charge is 0.113 e. The Morgan fingerprint density at radius 2 is 1.19 bits per heavy atom. The Morgan fingerprint density at radius 3 is 2.03 bits per heavy atom. The van der Waals surface area contributed by atoms with E-state index >= 15 is 0 Å². The number of hydrogen-bond donors (Lipinski definition) is 0. The predicted molar refractivity (Wildman–Crippen MR) is 149 cm³/mol. The van der Waals surface area contributed by atoms with Crippen LogP contribution in [0.5, 0.6) is 0 Å². The van der Waals surface area contributed by atoms with Crippen molar-refractivity contribution in [1.82, 2.24) is 4.98 Å². The summed E-state index contributed by atoms with van der Waals surface area (Å²) in [4.78, 5) is 5.28.